The molecule has 19 atom stereocenters. The van der Waals surface area contributed by atoms with Gasteiger partial charge in [-0.2, -0.15) is 0 Å². The fourth-order valence-electron chi connectivity index (χ4n) is 30.2. The van der Waals surface area contributed by atoms with Crippen molar-refractivity contribution in [2.75, 3.05) is 26.2 Å². The molecule has 0 amide bonds. The molecule has 1 aromatic carbocycles. The summed E-state index contributed by atoms with van der Waals surface area (Å²) >= 11 is 0. The molecule has 0 radical (unpaired) electrons. The number of carbonyl (C=O) groups excluding carboxylic acids is 2. The standard InChI is InChI=1S/C76H97N3O5/c1-45-33-49-16-17-57-52-34-46-40-78(42-52)60(69-29-19-53-14-8-26-72(53)27-10-28-73(72,44-69)70(43-69)24-4-5-25-70)37-58(80)65-74-31-20-54-62-55-39-71(45,63(54)64(49)79(57)41-46)30-18-48(55)35-51(50-12-7-23-68(38-50)21-2-3-22-68)36-59(75(62,74)67(82)83-65)76(74)56-15-6-11-47(13-9-32-77)61(56)66(81)84-76/h6,11,15,19,29,35,45-46,50-53,55,57,59-60,63,80H,2-5,7-10,12-14,16-18,20-28,30-34,36-44,77H2,1H3/b48-35?,65-58+/t45-,46+,50+,51+,52-,53+,55+,57+,59-,60-,63+,69-,71+,72-,73+,74+,75+,76+/m0/s1. The molecule has 11 fully saturated rings. The van der Waals surface area contributed by atoms with Crippen molar-refractivity contribution in [3.8, 4) is 0 Å². The molecule has 8 heteroatoms. The van der Waals surface area contributed by atoms with Gasteiger partial charge in [0.2, 0.25) is 0 Å². The minimum Gasteiger partial charge on any atom is -0.509 e. The average molecular weight is 1130 g/mol. The van der Waals surface area contributed by atoms with Crippen LogP contribution < -0.4 is 5.73 Å². The largest absolute Gasteiger partial charge is 0.509 e. The van der Waals surface area contributed by atoms with Gasteiger partial charge in [-0.15, -0.1) is 0 Å². The number of benzene rings is 1. The summed E-state index contributed by atoms with van der Waals surface area (Å²) in [6.45, 7) is 6.55. The lowest BCUT2D eigenvalue weighted by Gasteiger charge is -2.74. The molecule has 8 nitrogen and oxygen atoms in total. The van der Waals surface area contributed by atoms with Crippen LogP contribution in [0.1, 0.15) is 234 Å². The maximum absolute atomic E-state index is 17.3. The summed E-state index contributed by atoms with van der Waals surface area (Å²) in [7, 11) is 0. The van der Waals surface area contributed by atoms with E-state index in [4.69, 9.17) is 15.2 Å². The van der Waals surface area contributed by atoms with Crippen LogP contribution >= 0.6 is 0 Å². The molecule has 84 heavy (non-hydrogen) atoms. The molecule has 446 valence electrons. The highest BCUT2D eigenvalue weighted by Crippen LogP contribution is 2.90. The fraction of sp³-hybridized carbons (Fsp3) is 0.763. The molecule has 0 aromatic heterocycles. The van der Waals surface area contributed by atoms with Crippen molar-refractivity contribution in [1.29, 1.82) is 0 Å². The number of ether oxygens (including phenoxy) is 2. The van der Waals surface area contributed by atoms with E-state index in [0.29, 0.717) is 101 Å². The zero-order valence-corrected chi connectivity index (χ0v) is 51.0. The van der Waals surface area contributed by atoms with Gasteiger partial charge in [0.15, 0.2) is 11.4 Å². The first kappa shape index (κ1) is 51.3. The number of allylic oxidation sites excluding steroid dienone is 5. The van der Waals surface area contributed by atoms with Crippen molar-refractivity contribution < 1.29 is 24.2 Å². The molecule has 13 aliphatic carbocycles. The van der Waals surface area contributed by atoms with E-state index < -0.39 is 16.4 Å². The Kier molecular flexibility index (Phi) is 10.3. The second-order valence-electron chi connectivity index (χ2n) is 34.3. The molecule has 9 aliphatic heterocycles. The van der Waals surface area contributed by atoms with Gasteiger partial charge in [0.25, 0.3) is 0 Å². The Morgan fingerprint density at radius 1 is 0.810 bits per heavy atom. The summed E-state index contributed by atoms with van der Waals surface area (Å²) in [5.41, 5.74) is 15.4. The second-order valence-corrected chi connectivity index (χ2v) is 34.3. The lowest BCUT2D eigenvalue weighted by Crippen LogP contribution is -2.78. The van der Waals surface area contributed by atoms with Gasteiger partial charge in [-0.05, 0) is 241 Å². The molecular formula is C76H97N3O5. The van der Waals surface area contributed by atoms with E-state index in [2.05, 4.69) is 53.2 Å². The molecule has 1 unspecified atom stereocenters. The molecule has 8 spiro atoms. The van der Waals surface area contributed by atoms with Gasteiger partial charge < -0.3 is 25.2 Å². The van der Waals surface area contributed by atoms with E-state index >= 15 is 9.59 Å². The predicted molar refractivity (Wildman–Crippen MR) is 323 cm³/mol. The summed E-state index contributed by atoms with van der Waals surface area (Å²) in [6.07, 6.45) is 48.3. The lowest BCUT2D eigenvalue weighted by atomic mass is 9.26. The van der Waals surface area contributed by atoms with Crippen LogP contribution in [0.25, 0.3) is 0 Å². The highest BCUT2D eigenvalue weighted by Gasteiger charge is 2.94. The van der Waals surface area contributed by atoms with Crippen LogP contribution in [-0.2, 0) is 26.3 Å². The zero-order valence-electron chi connectivity index (χ0n) is 51.0. The van der Waals surface area contributed by atoms with Crippen LogP contribution in [0, 0.1) is 96.6 Å². The second kappa shape index (κ2) is 16.8. The molecule has 8 saturated carbocycles. The van der Waals surface area contributed by atoms with E-state index in [1.807, 2.05) is 0 Å². The summed E-state index contributed by atoms with van der Waals surface area (Å²) in [6, 6.07) is 7.23. The number of carbonyl (C=O) groups is 2. The quantitative estimate of drug-likeness (QED) is 0.222. The molecule has 3 saturated heterocycles. The number of esters is 2. The molecule has 3 N–H and O–H groups in total. The van der Waals surface area contributed by atoms with Crippen molar-refractivity contribution in [3.63, 3.8) is 0 Å². The Labute approximate surface area is 501 Å². The Bertz CT molecular complexity index is 3290. The predicted octanol–water partition coefficient (Wildman–Crippen LogP) is 15.4. The third-order valence-electron chi connectivity index (χ3n) is 32.3. The van der Waals surface area contributed by atoms with Gasteiger partial charge in [0.05, 0.1) is 11.0 Å². The number of hydrogen-bond acceptors (Lipinski definition) is 8. The van der Waals surface area contributed by atoms with E-state index in [9.17, 15) is 5.11 Å². The van der Waals surface area contributed by atoms with Crippen LogP contribution in [0.5, 0.6) is 0 Å². The Hall–Kier alpha value is -3.62. The minimum atomic E-state index is -1.16. The summed E-state index contributed by atoms with van der Waals surface area (Å²) in [5, 5.41) is 14.5. The van der Waals surface area contributed by atoms with Gasteiger partial charge in [-0.25, -0.2) is 4.79 Å². The van der Waals surface area contributed by atoms with E-state index in [1.165, 1.54) is 166 Å². The Balaban J connectivity index is 0.859. The topological polar surface area (TPSA) is 105 Å². The number of aliphatic hydroxyl groups excluding tert-OH is 1. The summed E-state index contributed by atoms with van der Waals surface area (Å²) in [4.78, 5) is 39.2. The number of nitrogens with two attached hydrogens (primary N) is 1. The van der Waals surface area contributed by atoms with Crippen molar-refractivity contribution >= 4 is 11.9 Å². The highest BCUT2D eigenvalue weighted by molar-refractivity contribution is 6.00. The van der Waals surface area contributed by atoms with Crippen LogP contribution in [0.3, 0.4) is 0 Å². The number of fused-ring (bicyclic) bond motifs is 4. The number of aliphatic hydroxyl groups is 1. The van der Waals surface area contributed by atoms with E-state index in [0.717, 1.165) is 68.4 Å². The Morgan fingerprint density at radius 2 is 1.65 bits per heavy atom. The van der Waals surface area contributed by atoms with Gasteiger partial charge in [-0.1, -0.05) is 105 Å². The maximum Gasteiger partial charge on any atom is 0.339 e. The van der Waals surface area contributed by atoms with Crippen molar-refractivity contribution in [1.82, 2.24) is 9.80 Å². The van der Waals surface area contributed by atoms with Crippen LogP contribution in [0.15, 0.2) is 75.9 Å². The fourth-order valence-corrected chi connectivity index (χ4v) is 30.2. The van der Waals surface area contributed by atoms with Crippen molar-refractivity contribution in [3.05, 3.63) is 92.6 Å². The van der Waals surface area contributed by atoms with Crippen LogP contribution in [0.2, 0.25) is 0 Å². The van der Waals surface area contributed by atoms with Crippen LogP contribution in [-0.4, -0.2) is 65.1 Å². The molecule has 9 heterocycles. The summed E-state index contributed by atoms with van der Waals surface area (Å²) in [5.74, 6) is 3.87. The van der Waals surface area contributed by atoms with Gasteiger partial charge in [0, 0.05) is 72.6 Å². The SMILES string of the molecule is C[C@H]1CC2=C3[C@H]4C5=C6[C@@H]7C[C@@]41CCC7=C[C@@H]([C@@H]1CCCC4(CCCC4)C1)C[C@H]1[C@]64C(=O)O/C(=C(/O)C[C@@H]([C@]67C=C[C@H]8CCC[C@]89CCC[C@@]9(C6)C6(CCCC6)C7)N6C[C@H]7C[C@@H](C6)[C@@H](CC2)N3C7)[C@@]4(CC5)[C@]12OC(=O)c1c(CCCN)cccc12. The third-order valence-corrected chi connectivity index (χ3v) is 32.3. The van der Waals surface area contributed by atoms with Crippen molar-refractivity contribution in [2.45, 2.75) is 236 Å². The number of nitrogens with zero attached hydrogens (tertiary/aromatic N) is 2. The number of aryl methyl sites for hydroxylation is 1. The third kappa shape index (κ3) is 5.64. The van der Waals surface area contributed by atoms with E-state index in [1.54, 1.807) is 22.4 Å². The molecular weight excluding hydrogens is 1030 g/mol. The molecule has 23 rings (SSSR count). The first-order valence-electron chi connectivity index (χ1n) is 36.0. The maximum atomic E-state index is 17.3. The Morgan fingerprint density at radius 3 is 2.54 bits per heavy atom. The number of hydrogen-bond donors (Lipinski definition) is 2. The normalized spacial score (nSPS) is 51.0. The van der Waals surface area contributed by atoms with Crippen molar-refractivity contribution in [2.24, 2.45) is 102 Å². The van der Waals surface area contributed by atoms with E-state index in [-0.39, 0.29) is 46.6 Å². The van der Waals surface area contributed by atoms with Gasteiger partial charge >= 0.3 is 11.9 Å². The molecule has 22 aliphatic rings. The smallest absolute Gasteiger partial charge is 0.339 e. The van der Waals surface area contributed by atoms with Gasteiger partial charge in [-0.3, -0.25) is 9.69 Å². The van der Waals surface area contributed by atoms with Gasteiger partial charge in [0.1, 0.15) is 11.2 Å². The first-order chi connectivity index (χ1) is 40.9. The lowest BCUT2D eigenvalue weighted by molar-refractivity contribution is -0.284. The minimum absolute atomic E-state index is 0.0794. The average Bonchev–Trinajstić information content (AvgIpc) is 1.36. The molecule has 1 aromatic rings. The highest BCUT2D eigenvalue weighted by atomic mass is 16.6. The van der Waals surface area contributed by atoms with Crippen LogP contribution in [0.4, 0.5) is 0 Å². The zero-order chi connectivity index (χ0) is 55.8. The molecule has 16 bridgehead atoms. The summed E-state index contributed by atoms with van der Waals surface area (Å²) < 4.78 is 15.3. The number of piperidine rings is 2. The number of rotatable bonds is 5. The first-order valence-corrected chi connectivity index (χ1v) is 36.0. The monoisotopic (exact) mass is 1130 g/mol.